The molecule has 1 atom stereocenters. The van der Waals surface area contributed by atoms with Crippen molar-refractivity contribution in [2.75, 3.05) is 26.3 Å². The van der Waals surface area contributed by atoms with Crippen LogP contribution in [0.5, 0.6) is 0 Å². The summed E-state index contributed by atoms with van der Waals surface area (Å²) in [4.78, 5) is 1.42. The average Bonchev–Trinajstić information content (AvgIpc) is 3.31. The molecule has 0 saturated carbocycles. The van der Waals surface area contributed by atoms with Gasteiger partial charge in [0.25, 0.3) is 0 Å². The molecule has 1 saturated heterocycles. The summed E-state index contributed by atoms with van der Waals surface area (Å²) in [5, 5.41) is 13.3. The topological polar surface area (TPSA) is 57.3 Å². The molecular formula is C25H26N5O+. The van der Waals surface area contributed by atoms with Crippen LogP contribution in [0.25, 0.3) is 0 Å². The Kier molecular flexibility index (Phi) is 5.82. The molecule has 0 spiro atoms. The lowest BCUT2D eigenvalue weighted by Crippen LogP contribution is -3.14. The molecule has 1 N–H and O–H groups in total. The van der Waals surface area contributed by atoms with Crippen LogP contribution < -0.4 is 4.90 Å². The molecule has 1 aliphatic heterocycles. The van der Waals surface area contributed by atoms with E-state index in [1.54, 1.807) is 0 Å². The Morgan fingerprint density at radius 3 is 1.77 bits per heavy atom. The molecule has 3 aromatic carbocycles. The van der Waals surface area contributed by atoms with Gasteiger partial charge in [-0.1, -0.05) is 91.0 Å². The van der Waals surface area contributed by atoms with Crippen molar-refractivity contribution in [1.82, 2.24) is 20.2 Å². The SMILES string of the molecule is c1ccc(C(c2ccccc2)n2nnnc2[C@H](c2ccccc2)[NH+]2CCOCC2)cc1. The molecule has 6 nitrogen and oxygen atoms in total. The lowest BCUT2D eigenvalue weighted by molar-refractivity contribution is -0.933. The minimum Gasteiger partial charge on any atom is -0.370 e. The molecule has 0 radical (unpaired) electrons. The maximum Gasteiger partial charge on any atom is 0.215 e. The standard InChI is InChI=1S/C25H25N5O/c1-4-10-20(11-5-1)23(21-12-6-2-7-13-21)30-25(26-27-28-30)24(22-14-8-3-9-15-22)29-16-18-31-19-17-29/h1-15,23-24H,16-19H2/p+1/t24-/m0/s1. The molecule has 4 aromatic rings. The summed E-state index contributed by atoms with van der Waals surface area (Å²) in [7, 11) is 0. The number of hydrogen-bond acceptors (Lipinski definition) is 4. The predicted octanol–water partition coefficient (Wildman–Crippen LogP) is 2.32. The Labute approximate surface area is 182 Å². The highest BCUT2D eigenvalue weighted by Crippen LogP contribution is 2.29. The van der Waals surface area contributed by atoms with Gasteiger partial charge in [-0.2, -0.15) is 0 Å². The van der Waals surface area contributed by atoms with Gasteiger partial charge in [-0.05, 0) is 21.6 Å². The number of tetrazole rings is 1. The van der Waals surface area contributed by atoms with Crippen LogP contribution in [0.1, 0.15) is 34.6 Å². The first-order valence-corrected chi connectivity index (χ1v) is 10.8. The second-order valence-electron chi connectivity index (χ2n) is 7.82. The lowest BCUT2D eigenvalue weighted by Gasteiger charge is -2.32. The predicted molar refractivity (Wildman–Crippen MR) is 118 cm³/mol. The van der Waals surface area contributed by atoms with Crippen molar-refractivity contribution in [3.05, 3.63) is 114 Å². The number of quaternary nitrogens is 1. The highest BCUT2D eigenvalue weighted by atomic mass is 16.5. The van der Waals surface area contributed by atoms with Gasteiger partial charge in [0.2, 0.25) is 5.82 Å². The number of aromatic nitrogens is 4. The molecule has 1 fully saturated rings. The molecule has 0 amide bonds. The van der Waals surface area contributed by atoms with Crippen molar-refractivity contribution in [3.8, 4) is 0 Å². The fourth-order valence-corrected chi connectivity index (χ4v) is 4.46. The van der Waals surface area contributed by atoms with Crippen LogP contribution in [-0.4, -0.2) is 46.5 Å². The van der Waals surface area contributed by atoms with Crippen LogP contribution in [-0.2, 0) is 4.74 Å². The molecule has 2 heterocycles. The number of benzene rings is 3. The van der Waals surface area contributed by atoms with Gasteiger partial charge in [0.05, 0.1) is 13.2 Å². The Bertz CT molecular complexity index is 1040. The molecule has 0 aliphatic carbocycles. The molecule has 0 unspecified atom stereocenters. The largest absolute Gasteiger partial charge is 0.370 e. The number of nitrogens with zero attached hydrogens (tertiary/aromatic N) is 4. The van der Waals surface area contributed by atoms with Crippen LogP contribution in [0, 0.1) is 0 Å². The third-order valence-corrected chi connectivity index (χ3v) is 5.93. The van der Waals surface area contributed by atoms with E-state index in [4.69, 9.17) is 4.74 Å². The minimum absolute atomic E-state index is 0.0371. The number of nitrogens with one attached hydrogen (secondary N) is 1. The summed E-state index contributed by atoms with van der Waals surface area (Å²) in [6.07, 6.45) is 0. The third-order valence-electron chi connectivity index (χ3n) is 5.93. The Hall–Kier alpha value is -3.35. The molecule has 1 aliphatic rings. The Morgan fingerprint density at radius 2 is 1.23 bits per heavy atom. The maximum atomic E-state index is 5.64. The van der Waals surface area contributed by atoms with Crippen molar-refractivity contribution in [1.29, 1.82) is 0 Å². The van der Waals surface area contributed by atoms with E-state index in [1.165, 1.54) is 10.5 Å². The second kappa shape index (κ2) is 9.20. The summed E-state index contributed by atoms with van der Waals surface area (Å²) < 4.78 is 7.64. The molecule has 5 rings (SSSR count). The van der Waals surface area contributed by atoms with E-state index in [0.29, 0.717) is 0 Å². The van der Waals surface area contributed by atoms with E-state index in [2.05, 4.69) is 94.4 Å². The van der Waals surface area contributed by atoms with Crippen LogP contribution in [0.3, 0.4) is 0 Å². The van der Waals surface area contributed by atoms with E-state index in [0.717, 1.165) is 43.3 Å². The van der Waals surface area contributed by atoms with Gasteiger partial charge in [0.15, 0.2) is 6.04 Å². The summed E-state index contributed by atoms with van der Waals surface area (Å²) in [6.45, 7) is 3.35. The van der Waals surface area contributed by atoms with E-state index < -0.39 is 0 Å². The summed E-state index contributed by atoms with van der Waals surface area (Å²) in [5.41, 5.74) is 3.53. The zero-order valence-corrected chi connectivity index (χ0v) is 17.3. The van der Waals surface area contributed by atoms with Gasteiger partial charge >= 0.3 is 0 Å². The first kappa shape index (κ1) is 19.6. The van der Waals surface area contributed by atoms with Crippen LogP contribution in [0.2, 0.25) is 0 Å². The highest BCUT2D eigenvalue weighted by Gasteiger charge is 2.35. The molecule has 31 heavy (non-hydrogen) atoms. The van der Waals surface area contributed by atoms with E-state index in [1.807, 2.05) is 16.8 Å². The maximum absolute atomic E-state index is 5.64. The third kappa shape index (κ3) is 4.13. The van der Waals surface area contributed by atoms with Crippen molar-refractivity contribution >= 4 is 0 Å². The van der Waals surface area contributed by atoms with Crippen LogP contribution in [0.15, 0.2) is 91.0 Å². The highest BCUT2D eigenvalue weighted by molar-refractivity contribution is 5.33. The quantitative estimate of drug-likeness (QED) is 0.528. The van der Waals surface area contributed by atoms with E-state index in [9.17, 15) is 0 Å². The number of rotatable bonds is 6. The van der Waals surface area contributed by atoms with Gasteiger partial charge in [0, 0.05) is 5.56 Å². The first-order valence-electron chi connectivity index (χ1n) is 10.8. The summed E-state index contributed by atoms with van der Waals surface area (Å²) in [5.74, 6) is 0.876. The lowest BCUT2D eigenvalue weighted by atomic mass is 9.97. The van der Waals surface area contributed by atoms with E-state index in [-0.39, 0.29) is 12.1 Å². The van der Waals surface area contributed by atoms with Crippen molar-refractivity contribution < 1.29 is 9.64 Å². The first-order chi connectivity index (χ1) is 15.4. The van der Waals surface area contributed by atoms with Gasteiger partial charge in [-0.15, -0.1) is 5.10 Å². The monoisotopic (exact) mass is 412 g/mol. The summed E-state index contributed by atoms with van der Waals surface area (Å²) >= 11 is 0. The van der Waals surface area contributed by atoms with Gasteiger partial charge < -0.3 is 9.64 Å². The fraction of sp³-hybridized carbons (Fsp3) is 0.240. The van der Waals surface area contributed by atoms with E-state index >= 15 is 0 Å². The number of morpholine rings is 1. The van der Waals surface area contributed by atoms with Gasteiger partial charge in [0.1, 0.15) is 19.1 Å². The second-order valence-corrected chi connectivity index (χ2v) is 7.82. The van der Waals surface area contributed by atoms with Crippen molar-refractivity contribution in [3.63, 3.8) is 0 Å². The van der Waals surface area contributed by atoms with Gasteiger partial charge in [-0.25, -0.2) is 4.68 Å². The van der Waals surface area contributed by atoms with Crippen LogP contribution >= 0.6 is 0 Å². The van der Waals surface area contributed by atoms with Crippen molar-refractivity contribution in [2.24, 2.45) is 0 Å². The zero-order valence-electron chi connectivity index (χ0n) is 17.3. The molecular weight excluding hydrogens is 386 g/mol. The average molecular weight is 413 g/mol. The zero-order chi connectivity index (χ0) is 20.9. The molecule has 0 bridgehead atoms. The number of ether oxygens (including phenoxy) is 1. The number of hydrogen-bond donors (Lipinski definition) is 1. The normalized spacial score (nSPS) is 15.8. The summed E-state index contributed by atoms with van der Waals surface area (Å²) in [6, 6.07) is 31.4. The minimum atomic E-state index is -0.0981. The van der Waals surface area contributed by atoms with Crippen molar-refractivity contribution in [2.45, 2.75) is 12.1 Å². The molecule has 156 valence electrons. The fourth-order valence-electron chi connectivity index (χ4n) is 4.46. The Morgan fingerprint density at radius 1 is 0.710 bits per heavy atom. The van der Waals surface area contributed by atoms with Gasteiger partial charge in [-0.3, -0.25) is 0 Å². The smallest absolute Gasteiger partial charge is 0.215 e. The van der Waals surface area contributed by atoms with Crippen LogP contribution in [0.4, 0.5) is 0 Å². The molecule has 6 heteroatoms. The molecule has 1 aromatic heterocycles. The Balaban J connectivity index is 1.64.